The normalized spacial score (nSPS) is 14.4. The molecule has 0 atom stereocenters. The van der Waals surface area contributed by atoms with Crippen LogP contribution in [0.25, 0.3) is 0 Å². The lowest BCUT2D eigenvalue weighted by atomic mass is 10.2. The molecule has 0 N–H and O–H groups in total. The van der Waals surface area contributed by atoms with Gasteiger partial charge in [0.1, 0.15) is 13.2 Å². The van der Waals surface area contributed by atoms with Gasteiger partial charge in [-0.15, -0.1) is 0 Å². The Labute approximate surface area is 178 Å². The van der Waals surface area contributed by atoms with E-state index in [2.05, 4.69) is 6.92 Å². The summed E-state index contributed by atoms with van der Waals surface area (Å²) < 4.78 is 0. The molecule has 1 heterocycles. The monoisotopic (exact) mass is 446 g/mol. The third kappa shape index (κ3) is 5.23. The highest BCUT2D eigenvalue weighted by molar-refractivity contribution is 6.35. The maximum absolute atomic E-state index is 6.20. The predicted molar refractivity (Wildman–Crippen MR) is 109 cm³/mol. The maximum Gasteiger partial charge on any atom is 0.151 e. The summed E-state index contributed by atoms with van der Waals surface area (Å²) in [6.45, 7) is 2.70. The van der Waals surface area contributed by atoms with E-state index in [1.807, 2.05) is 24.5 Å². The summed E-state index contributed by atoms with van der Waals surface area (Å²) >= 11 is 24.3. The highest BCUT2D eigenvalue weighted by Gasteiger charge is 2.27. The molecule has 2 aromatic rings. The Hall–Kier alpha value is -1.14. The van der Waals surface area contributed by atoms with Crippen LogP contribution in [0.1, 0.15) is 24.5 Å². The topological polar surface area (TPSA) is 24.9 Å². The van der Waals surface area contributed by atoms with E-state index in [0.29, 0.717) is 33.3 Å². The molecule has 2 aromatic carbocycles. The van der Waals surface area contributed by atoms with Gasteiger partial charge in [0.05, 0.1) is 0 Å². The van der Waals surface area contributed by atoms with Crippen molar-refractivity contribution in [3.63, 3.8) is 0 Å². The zero-order valence-corrected chi connectivity index (χ0v) is 17.6. The van der Waals surface area contributed by atoms with Gasteiger partial charge in [0, 0.05) is 32.5 Å². The first-order valence-corrected chi connectivity index (χ1v) is 9.87. The summed E-state index contributed by atoms with van der Waals surface area (Å²) in [5, 5.41) is 5.82. The zero-order valence-electron chi connectivity index (χ0n) is 14.5. The molecule has 0 unspecified atom stereocenters. The Balaban J connectivity index is 1.57. The highest BCUT2D eigenvalue weighted by Crippen LogP contribution is 2.26. The molecular formula is C19H18Cl4N2O2. The SMILES string of the molecule is CCC1N(OCc2ccc(Cl)cc2Cl)C=CN1OCc1ccc(Cl)cc1Cl. The third-order valence-electron chi connectivity index (χ3n) is 4.08. The van der Waals surface area contributed by atoms with Gasteiger partial charge >= 0.3 is 0 Å². The molecule has 144 valence electrons. The van der Waals surface area contributed by atoms with Gasteiger partial charge < -0.3 is 0 Å². The van der Waals surface area contributed by atoms with Crippen LogP contribution in [0, 0.1) is 0 Å². The molecule has 0 fully saturated rings. The first-order chi connectivity index (χ1) is 13.0. The number of rotatable bonds is 7. The molecule has 0 bridgehead atoms. The Morgan fingerprint density at radius 3 is 1.59 bits per heavy atom. The summed E-state index contributed by atoms with van der Waals surface area (Å²) in [6.07, 6.45) is 4.33. The van der Waals surface area contributed by atoms with Crippen LogP contribution in [0.4, 0.5) is 0 Å². The fourth-order valence-electron chi connectivity index (χ4n) is 2.63. The molecule has 0 aromatic heterocycles. The van der Waals surface area contributed by atoms with Crippen molar-refractivity contribution in [2.75, 3.05) is 0 Å². The second kappa shape index (κ2) is 9.37. The van der Waals surface area contributed by atoms with Crippen molar-refractivity contribution in [1.29, 1.82) is 0 Å². The first-order valence-electron chi connectivity index (χ1n) is 8.36. The maximum atomic E-state index is 6.20. The fraction of sp³-hybridized carbons (Fsp3) is 0.263. The molecule has 0 aliphatic carbocycles. The summed E-state index contributed by atoms with van der Waals surface area (Å²) in [7, 11) is 0. The summed E-state index contributed by atoms with van der Waals surface area (Å²) in [6, 6.07) is 10.7. The molecule has 0 radical (unpaired) electrons. The van der Waals surface area contributed by atoms with E-state index < -0.39 is 0 Å². The van der Waals surface area contributed by atoms with Crippen molar-refractivity contribution >= 4 is 46.4 Å². The lowest BCUT2D eigenvalue weighted by Crippen LogP contribution is -2.37. The van der Waals surface area contributed by atoms with Crippen molar-refractivity contribution in [3.8, 4) is 0 Å². The molecule has 4 nitrogen and oxygen atoms in total. The van der Waals surface area contributed by atoms with Crippen LogP contribution in [0.15, 0.2) is 48.8 Å². The summed E-state index contributed by atoms with van der Waals surface area (Å²) in [5.41, 5.74) is 1.72. The van der Waals surface area contributed by atoms with Gasteiger partial charge in [-0.3, -0.25) is 9.68 Å². The van der Waals surface area contributed by atoms with Crippen LogP contribution in [0.2, 0.25) is 20.1 Å². The average Bonchev–Trinajstić information content (AvgIpc) is 3.02. The van der Waals surface area contributed by atoms with Crippen LogP contribution in [0.5, 0.6) is 0 Å². The number of halogens is 4. The van der Waals surface area contributed by atoms with Crippen molar-refractivity contribution in [3.05, 3.63) is 80.0 Å². The minimum absolute atomic E-state index is 0.0952. The second-order valence-corrected chi connectivity index (χ2v) is 7.61. The van der Waals surface area contributed by atoms with Crippen LogP contribution in [-0.2, 0) is 22.9 Å². The molecule has 0 amide bonds. The lowest BCUT2D eigenvalue weighted by Gasteiger charge is -2.30. The van der Waals surface area contributed by atoms with E-state index in [4.69, 9.17) is 56.1 Å². The van der Waals surface area contributed by atoms with E-state index in [1.165, 1.54) is 0 Å². The number of benzene rings is 2. The lowest BCUT2D eigenvalue weighted by molar-refractivity contribution is -0.248. The number of nitrogens with zero attached hydrogens (tertiary/aromatic N) is 2. The molecule has 3 rings (SSSR count). The van der Waals surface area contributed by atoms with Gasteiger partial charge in [-0.1, -0.05) is 65.5 Å². The van der Waals surface area contributed by atoms with Crippen LogP contribution in [-0.4, -0.2) is 16.3 Å². The van der Waals surface area contributed by atoms with E-state index in [9.17, 15) is 0 Å². The molecule has 0 spiro atoms. The van der Waals surface area contributed by atoms with E-state index in [0.717, 1.165) is 17.5 Å². The van der Waals surface area contributed by atoms with Gasteiger partial charge in [-0.05, 0) is 41.8 Å². The van der Waals surface area contributed by atoms with Crippen LogP contribution < -0.4 is 0 Å². The van der Waals surface area contributed by atoms with Gasteiger partial charge in [0.15, 0.2) is 6.17 Å². The highest BCUT2D eigenvalue weighted by atomic mass is 35.5. The van der Waals surface area contributed by atoms with Crippen molar-refractivity contribution in [1.82, 2.24) is 10.1 Å². The molecule has 1 aliphatic heterocycles. The van der Waals surface area contributed by atoms with E-state index >= 15 is 0 Å². The van der Waals surface area contributed by atoms with Gasteiger partial charge in [-0.2, -0.15) is 0 Å². The third-order valence-corrected chi connectivity index (χ3v) is 5.26. The quantitative estimate of drug-likeness (QED) is 0.472. The predicted octanol–water partition coefficient (Wildman–Crippen LogP) is 6.69. The number of hydroxylamine groups is 4. The van der Waals surface area contributed by atoms with E-state index in [1.54, 1.807) is 34.4 Å². The number of hydrogen-bond acceptors (Lipinski definition) is 4. The fourth-order valence-corrected chi connectivity index (χ4v) is 3.55. The average molecular weight is 448 g/mol. The van der Waals surface area contributed by atoms with Crippen LogP contribution in [0.3, 0.4) is 0 Å². The second-order valence-electron chi connectivity index (χ2n) is 5.93. The number of hydrogen-bond donors (Lipinski definition) is 0. The van der Waals surface area contributed by atoms with Crippen molar-refractivity contribution in [2.45, 2.75) is 32.7 Å². The standard InChI is InChI=1S/C19H18Cl4N2O2/c1-2-19-24(26-11-13-3-5-15(20)9-17(13)22)7-8-25(19)27-12-14-4-6-16(21)10-18(14)23/h3-10,19H,2,11-12H2,1H3. The van der Waals surface area contributed by atoms with E-state index in [-0.39, 0.29) is 6.17 Å². The zero-order chi connectivity index (χ0) is 19.4. The first kappa shape index (κ1) is 20.6. The Kier molecular flexibility index (Phi) is 7.15. The Bertz CT molecular complexity index is 766. The largest absolute Gasteiger partial charge is 0.267 e. The summed E-state index contributed by atoms with van der Waals surface area (Å²) in [5.74, 6) is 0. The Morgan fingerprint density at radius 2 is 1.22 bits per heavy atom. The van der Waals surface area contributed by atoms with Crippen molar-refractivity contribution < 1.29 is 9.68 Å². The van der Waals surface area contributed by atoms with Gasteiger partial charge in [-0.25, -0.2) is 10.1 Å². The van der Waals surface area contributed by atoms with Crippen molar-refractivity contribution in [2.24, 2.45) is 0 Å². The minimum atomic E-state index is -0.0952. The Morgan fingerprint density at radius 1 is 0.778 bits per heavy atom. The molecule has 8 heteroatoms. The molecule has 0 saturated heterocycles. The van der Waals surface area contributed by atoms with Gasteiger partial charge in [0.25, 0.3) is 0 Å². The molecule has 0 saturated carbocycles. The minimum Gasteiger partial charge on any atom is -0.267 e. The molecular weight excluding hydrogens is 430 g/mol. The smallest absolute Gasteiger partial charge is 0.151 e. The molecule has 1 aliphatic rings. The summed E-state index contributed by atoms with van der Waals surface area (Å²) in [4.78, 5) is 11.8. The molecule has 27 heavy (non-hydrogen) atoms. The van der Waals surface area contributed by atoms with Crippen LogP contribution >= 0.6 is 46.4 Å². The van der Waals surface area contributed by atoms with Gasteiger partial charge in [0.2, 0.25) is 0 Å².